The molecule has 0 saturated heterocycles. The SMILES string of the molecule is COC1(C)CC(N=C(N)Nc2ccc(C)c(C)c2)C1(C)C.I. The highest BCUT2D eigenvalue weighted by atomic mass is 127. The van der Waals surface area contributed by atoms with E-state index in [1.807, 2.05) is 6.07 Å². The Kier molecular flexibility index (Phi) is 5.89. The Morgan fingerprint density at radius 3 is 2.41 bits per heavy atom. The van der Waals surface area contributed by atoms with Gasteiger partial charge in [-0.15, -0.1) is 24.0 Å². The highest BCUT2D eigenvalue weighted by Gasteiger charge is 2.58. The number of rotatable bonds is 3. The topological polar surface area (TPSA) is 59.6 Å². The summed E-state index contributed by atoms with van der Waals surface area (Å²) in [5.41, 5.74) is 9.40. The van der Waals surface area contributed by atoms with Crippen LogP contribution in [0.25, 0.3) is 0 Å². The molecule has 124 valence electrons. The summed E-state index contributed by atoms with van der Waals surface area (Å²) in [7, 11) is 1.76. The molecule has 1 aromatic rings. The average Bonchev–Trinajstić information content (AvgIpc) is 2.42. The monoisotopic (exact) mass is 417 g/mol. The smallest absolute Gasteiger partial charge is 0.193 e. The van der Waals surface area contributed by atoms with Crippen LogP contribution in [0.1, 0.15) is 38.3 Å². The maximum Gasteiger partial charge on any atom is 0.193 e. The molecule has 0 aliphatic heterocycles. The van der Waals surface area contributed by atoms with Crippen LogP contribution < -0.4 is 11.1 Å². The van der Waals surface area contributed by atoms with Crippen LogP contribution in [0.5, 0.6) is 0 Å². The lowest BCUT2D eigenvalue weighted by Crippen LogP contribution is -2.62. The lowest BCUT2D eigenvalue weighted by molar-refractivity contribution is -0.171. The molecule has 0 spiro atoms. The van der Waals surface area contributed by atoms with Gasteiger partial charge in [0.25, 0.3) is 0 Å². The van der Waals surface area contributed by atoms with Crippen molar-refractivity contribution in [3.63, 3.8) is 0 Å². The molecule has 2 atom stereocenters. The van der Waals surface area contributed by atoms with E-state index in [0.29, 0.717) is 5.96 Å². The number of hydrogen-bond donors (Lipinski definition) is 2. The molecule has 0 radical (unpaired) electrons. The van der Waals surface area contributed by atoms with Gasteiger partial charge in [-0.1, -0.05) is 19.9 Å². The average molecular weight is 417 g/mol. The standard InChI is InChI=1S/C17H27N3O.HI/c1-11-7-8-13(9-12(11)2)19-15(18)20-14-10-17(5,21-6)16(14,3)4;/h7-9,14H,10H2,1-6H3,(H3,18,19,20);1H. The lowest BCUT2D eigenvalue weighted by atomic mass is 9.56. The molecular formula is C17H28IN3O. The molecule has 1 aliphatic rings. The second-order valence-corrected chi connectivity index (χ2v) is 6.81. The number of anilines is 1. The zero-order valence-electron chi connectivity index (χ0n) is 14.4. The van der Waals surface area contributed by atoms with E-state index in [0.717, 1.165) is 12.1 Å². The summed E-state index contributed by atoms with van der Waals surface area (Å²) >= 11 is 0. The van der Waals surface area contributed by atoms with Crippen LogP contribution >= 0.6 is 24.0 Å². The van der Waals surface area contributed by atoms with Crippen molar-refractivity contribution in [1.82, 2.24) is 0 Å². The number of aliphatic imine (C=N–C) groups is 1. The molecule has 22 heavy (non-hydrogen) atoms. The van der Waals surface area contributed by atoms with E-state index in [-0.39, 0.29) is 41.0 Å². The van der Waals surface area contributed by atoms with Gasteiger partial charge in [0, 0.05) is 18.2 Å². The highest BCUT2D eigenvalue weighted by molar-refractivity contribution is 14.0. The molecule has 1 fully saturated rings. The molecule has 0 aromatic heterocycles. The maximum absolute atomic E-state index is 6.05. The lowest BCUT2D eigenvalue weighted by Gasteiger charge is -2.57. The molecule has 4 nitrogen and oxygen atoms in total. The highest BCUT2D eigenvalue weighted by Crippen LogP contribution is 2.53. The number of ether oxygens (including phenoxy) is 1. The zero-order chi connectivity index (χ0) is 15.8. The maximum atomic E-state index is 6.05. The first-order valence-electron chi connectivity index (χ1n) is 7.42. The third-order valence-corrected chi connectivity index (χ3v) is 5.30. The van der Waals surface area contributed by atoms with Gasteiger partial charge in [-0.2, -0.15) is 0 Å². The normalized spacial score (nSPS) is 26.8. The number of guanidine groups is 1. The quantitative estimate of drug-likeness (QED) is 0.446. The van der Waals surface area contributed by atoms with Crippen molar-refractivity contribution in [1.29, 1.82) is 0 Å². The number of nitrogens with zero attached hydrogens (tertiary/aromatic N) is 1. The Bertz CT molecular complexity index is 571. The fourth-order valence-electron chi connectivity index (χ4n) is 2.83. The van der Waals surface area contributed by atoms with Crippen molar-refractivity contribution in [3.8, 4) is 0 Å². The number of nitrogens with one attached hydrogen (secondary N) is 1. The van der Waals surface area contributed by atoms with Gasteiger partial charge in [0.05, 0.1) is 11.6 Å². The molecule has 0 heterocycles. The van der Waals surface area contributed by atoms with Gasteiger partial charge < -0.3 is 15.8 Å². The second kappa shape index (κ2) is 6.74. The van der Waals surface area contributed by atoms with E-state index in [9.17, 15) is 0 Å². The van der Waals surface area contributed by atoms with E-state index >= 15 is 0 Å². The van der Waals surface area contributed by atoms with Crippen LogP contribution in [0.3, 0.4) is 0 Å². The van der Waals surface area contributed by atoms with Gasteiger partial charge in [-0.3, -0.25) is 0 Å². The third kappa shape index (κ3) is 3.40. The van der Waals surface area contributed by atoms with Gasteiger partial charge in [0.15, 0.2) is 5.96 Å². The third-order valence-electron chi connectivity index (χ3n) is 5.30. The predicted molar refractivity (Wildman–Crippen MR) is 104 cm³/mol. The minimum atomic E-state index is -0.123. The Balaban J connectivity index is 0.00000242. The van der Waals surface area contributed by atoms with E-state index in [4.69, 9.17) is 10.5 Å². The van der Waals surface area contributed by atoms with Crippen molar-refractivity contribution in [2.24, 2.45) is 16.1 Å². The number of methoxy groups -OCH3 is 1. The van der Waals surface area contributed by atoms with Gasteiger partial charge in [0.2, 0.25) is 0 Å². The van der Waals surface area contributed by atoms with Crippen LogP contribution in [0.15, 0.2) is 23.2 Å². The molecule has 2 unspecified atom stereocenters. The van der Waals surface area contributed by atoms with Crippen molar-refractivity contribution in [3.05, 3.63) is 29.3 Å². The number of nitrogens with two attached hydrogens (primary N) is 1. The molecule has 2 rings (SSSR count). The van der Waals surface area contributed by atoms with E-state index in [1.165, 1.54) is 11.1 Å². The van der Waals surface area contributed by atoms with Crippen LogP contribution in [0, 0.1) is 19.3 Å². The first-order valence-corrected chi connectivity index (χ1v) is 7.42. The second-order valence-electron chi connectivity index (χ2n) is 6.81. The van der Waals surface area contributed by atoms with Crippen LogP contribution in [0.2, 0.25) is 0 Å². The number of hydrogen-bond acceptors (Lipinski definition) is 2. The number of halogens is 1. The van der Waals surface area contributed by atoms with Gasteiger partial charge >= 0.3 is 0 Å². The Morgan fingerprint density at radius 2 is 1.91 bits per heavy atom. The molecular weight excluding hydrogens is 389 g/mol. The molecule has 0 amide bonds. The summed E-state index contributed by atoms with van der Waals surface area (Å²) < 4.78 is 5.62. The first kappa shape index (κ1) is 19.2. The summed E-state index contributed by atoms with van der Waals surface area (Å²) in [5.74, 6) is 0.467. The Labute approximate surface area is 150 Å². The van der Waals surface area contributed by atoms with Crippen LogP contribution in [-0.2, 0) is 4.74 Å². The van der Waals surface area contributed by atoms with Crippen molar-refractivity contribution in [2.45, 2.75) is 52.7 Å². The number of aryl methyl sites for hydroxylation is 2. The van der Waals surface area contributed by atoms with Crippen LogP contribution in [-0.4, -0.2) is 24.7 Å². The summed E-state index contributed by atoms with van der Waals surface area (Å²) in [4.78, 5) is 4.63. The minimum absolute atomic E-state index is 0. The molecule has 3 N–H and O–H groups in total. The van der Waals surface area contributed by atoms with Gasteiger partial charge in [-0.05, 0) is 50.5 Å². The summed E-state index contributed by atoms with van der Waals surface area (Å²) in [6.07, 6.45) is 0.895. The zero-order valence-corrected chi connectivity index (χ0v) is 16.7. The summed E-state index contributed by atoms with van der Waals surface area (Å²) in [6, 6.07) is 6.38. The summed E-state index contributed by atoms with van der Waals surface area (Å²) in [5, 5.41) is 3.18. The van der Waals surface area contributed by atoms with Crippen molar-refractivity contribution < 1.29 is 4.74 Å². The largest absolute Gasteiger partial charge is 0.378 e. The van der Waals surface area contributed by atoms with Crippen molar-refractivity contribution in [2.75, 3.05) is 12.4 Å². The Morgan fingerprint density at radius 1 is 1.27 bits per heavy atom. The Hall–Kier alpha value is -0.820. The predicted octanol–water partition coefficient (Wildman–Crippen LogP) is 3.85. The summed E-state index contributed by atoms with van der Waals surface area (Å²) in [6.45, 7) is 10.7. The fourth-order valence-corrected chi connectivity index (χ4v) is 2.83. The molecule has 1 saturated carbocycles. The molecule has 1 aliphatic carbocycles. The van der Waals surface area contributed by atoms with Crippen molar-refractivity contribution >= 4 is 35.6 Å². The van der Waals surface area contributed by atoms with Gasteiger partial charge in [-0.25, -0.2) is 4.99 Å². The number of benzene rings is 1. The van der Waals surface area contributed by atoms with Crippen LogP contribution in [0.4, 0.5) is 5.69 Å². The minimum Gasteiger partial charge on any atom is -0.378 e. The molecule has 1 aromatic carbocycles. The van der Waals surface area contributed by atoms with E-state index in [1.54, 1.807) is 7.11 Å². The van der Waals surface area contributed by atoms with E-state index < -0.39 is 0 Å². The molecule has 0 bridgehead atoms. The molecule has 5 heteroatoms. The van der Waals surface area contributed by atoms with E-state index in [2.05, 4.69) is 57.1 Å². The fraction of sp³-hybridized carbons (Fsp3) is 0.588. The van der Waals surface area contributed by atoms with Gasteiger partial charge in [0.1, 0.15) is 0 Å². The first-order chi connectivity index (χ1) is 9.69.